The summed E-state index contributed by atoms with van der Waals surface area (Å²) in [6.07, 6.45) is 7.00. The minimum atomic E-state index is 0.580. The molecule has 1 aromatic heterocycles. The molecule has 1 aliphatic heterocycles. The van der Waals surface area contributed by atoms with Crippen LogP contribution in [0.2, 0.25) is 0 Å². The van der Waals surface area contributed by atoms with Crippen molar-refractivity contribution in [1.29, 1.82) is 0 Å². The monoisotopic (exact) mass is 412 g/mol. The molecule has 0 spiro atoms. The molecule has 158 valence electrons. The lowest BCUT2D eigenvalue weighted by atomic mass is 9.87. The standard InChI is InChI=1S/C25H36N2OS/c1-19-12-13-29-25(19)18-27-16-21(15-26(2)22-9-5-4-6-10-22)24(17-27)20-8-7-11-23(14-20)28-3/h7-8,11-14,21-22,24H,4-6,9-10,15-18H2,1-3H3/t21-,24-/m0/s1. The van der Waals surface area contributed by atoms with Crippen LogP contribution >= 0.6 is 11.3 Å². The number of likely N-dealkylation sites (tertiary alicyclic amines) is 1. The van der Waals surface area contributed by atoms with E-state index in [9.17, 15) is 0 Å². The Morgan fingerprint density at radius 1 is 1.14 bits per heavy atom. The highest BCUT2D eigenvalue weighted by molar-refractivity contribution is 7.10. The Morgan fingerprint density at radius 3 is 2.69 bits per heavy atom. The average Bonchev–Trinajstić information content (AvgIpc) is 3.34. The number of hydrogen-bond donors (Lipinski definition) is 0. The van der Waals surface area contributed by atoms with Crippen molar-refractivity contribution < 1.29 is 4.74 Å². The molecule has 1 saturated carbocycles. The van der Waals surface area contributed by atoms with E-state index < -0.39 is 0 Å². The van der Waals surface area contributed by atoms with E-state index in [4.69, 9.17) is 4.74 Å². The van der Waals surface area contributed by atoms with E-state index in [0.29, 0.717) is 11.8 Å². The molecule has 2 heterocycles. The van der Waals surface area contributed by atoms with Crippen LogP contribution in [0.4, 0.5) is 0 Å². The Bertz CT molecular complexity index is 783. The zero-order valence-corrected chi connectivity index (χ0v) is 19.1. The molecule has 4 rings (SSSR count). The van der Waals surface area contributed by atoms with E-state index in [1.807, 2.05) is 11.3 Å². The maximum atomic E-state index is 5.53. The Morgan fingerprint density at radius 2 is 1.97 bits per heavy atom. The lowest BCUT2D eigenvalue weighted by molar-refractivity contribution is 0.162. The van der Waals surface area contributed by atoms with Crippen molar-refractivity contribution in [3.8, 4) is 5.75 Å². The highest BCUT2D eigenvalue weighted by Gasteiger charge is 2.35. The van der Waals surface area contributed by atoms with Crippen LogP contribution in [0.5, 0.6) is 5.75 Å². The van der Waals surface area contributed by atoms with Crippen molar-refractivity contribution in [3.05, 3.63) is 51.7 Å². The van der Waals surface area contributed by atoms with Crippen LogP contribution in [0.3, 0.4) is 0 Å². The first-order valence-corrected chi connectivity index (χ1v) is 12.1. The van der Waals surface area contributed by atoms with E-state index in [0.717, 1.165) is 24.9 Å². The van der Waals surface area contributed by atoms with E-state index in [-0.39, 0.29) is 0 Å². The number of methoxy groups -OCH3 is 1. The predicted molar refractivity (Wildman–Crippen MR) is 123 cm³/mol. The molecule has 3 nitrogen and oxygen atoms in total. The second kappa shape index (κ2) is 9.63. The van der Waals surface area contributed by atoms with Crippen LogP contribution in [-0.2, 0) is 6.54 Å². The minimum absolute atomic E-state index is 0.580. The van der Waals surface area contributed by atoms with Gasteiger partial charge in [-0.15, -0.1) is 11.3 Å². The molecule has 0 bridgehead atoms. The van der Waals surface area contributed by atoms with Gasteiger partial charge < -0.3 is 9.64 Å². The summed E-state index contributed by atoms with van der Waals surface area (Å²) >= 11 is 1.91. The van der Waals surface area contributed by atoms with Crippen LogP contribution in [0.25, 0.3) is 0 Å². The molecule has 1 aromatic carbocycles. The van der Waals surface area contributed by atoms with E-state index in [1.54, 1.807) is 7.11 Å². The van der Waals surface area contributed by atoms with Crippen LogP contribution in [-0.4, -0.2) is 49.6 Å². The van der Waals surface area contributed by atoms with Gasteiger partial charge in [-0.2, -0.15) is 0 Å². The van der Waals surface area contributed by atoms with Crippen LogP contribution in [0.15, 0.2) is 35.7 Å². The van der Waals surface area contributed by atoms with Crippen molar-refractivity contribution in [3.63, 3.8) is 0 Å². The maximum Gasteiger partial charge on any atom is 0.119 e. The molecular formula is C25H36N2OS. The SMILES string of the molecule is COc1cccc([C@@H]2CN(Cc3sccc3C)C[C@@H]2CN(C)C2CCCCC2)c1. The van der Waals surface area contributed by atoms with Gasteiger partial charge in [-0.05, 0) is 67.4 Å². The number of benzene rings is 1. The number of rotatable bonds is 7. The summed E-state index contributed by atoms with van der Waals surface area (Å²) in [5.41, 5.74) is 2.88. The Labute approximate surface area is 180 Å². The van der Waals surface area contributed by atoms with Crippen LogP contribution in [0.1, 0.15) is 54.0 Å². The summed E-state index contributed by atoms with van der Waals surface area (Å²) in [7, 11) is 4.14. The van der Waals surface area contributed by atoms with Crippen molar-refractivity contribution in [2.75, 3.05) is 33.8 Å². The molecule has 2 fully saturated rings. The molecule has 29 heavy (non-hydrogen) atoms. The third kappa shape index (κ3) is 5.04. The zero-order valence-electron chi connectivity index (χ0n) is 18.3. The number of thiophene rings is 1. The van der Waals surface area contributed by atoms with Crippen molar-refractivity contribution >= 4 is 11.3 Å². The molecule has 1 saturated heterocycles. The van der Waals surface area contributed by atoms with Gasteiger partial charge in [0.2, 0.25) is 0 Å². The molecule has 2 aliphatic rings. The highest BCUT2D eigenvalue weighted by atomic mass is 32.1. The molecule has 2 aromatic rings. The number of aryl methyl sites for hydroxylation is 1. The Kier molecular flexibility index (Phi) is 6.94. The molecule has 4 heteroatoms. The second-order valence-electron chi connectivity index (χ2n) is 9.10. The molecule has 0 radical (unpaired) electrons. The second-order valence-corrected chi connectivity index (χ2v) is 10.1. The normalized spacial score (nSPS) is 23.7. The Balaban J connectivity index is 1.50. The highest BCUT2D eigenvalue weighted by Crippen LogP contribution is 2.37. The van der Waals surface area contributed by atoms with E-state index in [1.165, 1.54) is 61.2 Å². The summed E-state index contributed by atoms with van der Waals surface area (Å²) in [5.74, 6) is 2.24. The average molecular weight is 413 g/mol. The molecule has 0 amide bonds. The third-order valence-corrected chi connectivity index (χ3v) is 8.10. The largest absolute Gasteiger partial charge is 0.497 e. The van der Waals surface area contributed by atoms with Gasteiger partial charge in [-0.3, -0.25) is 4.90 Å². The molecule has 0 N–H and O–H groups in total. The van der Waals surface area contributed by atoms with Gasteiger partial charge in [0.05, 0.1) is 7.11 Å². The van der Waals surface area contributed by atoms with Crippen molar-refractivity contribution in [2.45, 2.75) is 57.5 Å². The minimum Gasteiger partial charge on any atom is -0.497 e. The molecule has 0 unspecified atom stereocenters. The maximum absolute atomic E-state index is 5.53. The number of nitrogens with zero attached hydrogens (tertiary/aromatic N) is 2. The van der Waals surface area contributed by atoms with Gasteiger partial charge >= 0.3 is 0 Å². The van der Waals surface area contributed by atoms with Gasteiger partial charge in [0.1, 0.15) is 5.75 Å². The summed E-state index contributed by atoms with van der Waals surface area (Å²) < 4.78 is 5.53. The van der Waals surface area contributed by atoms with E-state index in [2.05, 4.69) is 59.5 Å². The fourth-order valence-electron chi connectivity index (χ4n) is 5.33. The predicted octanol–water partition coefficient (Wildman–Crippen LogP) is 5.55. The summed E-state index contributed by atoms with van der Waals surface area (Å²) in [6, 6.07) is 11.8. The van der Waals surface area contributed by atoms with Gasteiger partial charge in [-0.25, -0.2) is 0 Å². The van der Waals surface area contributed by atoms with E-state index >= 15 is 0 Å². The van der Waals surface area contributed by atoms with Gasteiger partial charge in [-0.1, -0.05) is 31.4 Å². The summed E-state index contributed by atoms with van der Waals surface area (Å²) in [5, 5.41) is 2.23. The lowest BCUT2D eigenvalue weighted by Crippen LogP contribution is -2.38. The lowest BCUT2D eigenvalue weighted by Gasteiger charge is -2.34. The molecule has 2 atom stereocenters. The fourth-order valence-corrected chi connectivity index (χ4v) is 6.28. The third-order valence-electron chi connectivity index (χ3n) is 7.09. The van der Waals surface area contributed by atoms with Gasteiger partial charge in [0.25, 0.3) is 0 Å². The first-order valence-electron chi connectivity index (χ1n) is 11.2. The smallest absolute Gasteiger partial charge is 0.119 e. The number of ether oxygens (including phenoxy) is 1. The fraction of sp³-hybridized carbons (Fsp3) is 0.600. The summed E-state index contributed by atoms with van der Waals surface area (Å²) in [4.78, 5) is 6.88. The quantitative estimate of drug-likeness (QED) is 0.593. The zero-order chi connectivity index (χ0) is 20.2. The first-order chi connectivity index (χ1) is 14.1. The Hall–Kier alpha value is -1.36. The van der Waals surface area contributed by atoms with Gasteiger partial charge in [0, 0.05) is 43.0 Å². The van der Waals surface area contributed by atoms with Crippen LogP contribution in [0, 0.1) is 12.8 Å². The summed E-state index contributed by atoms with van der Waals surface area (Å²) in [6.45, 7) is 6.87. The molecule has 1 aliphatic carbocycles. The topological polar surface area (TPSA) is 15.7 Å². The van der Waals surface area contributed by atoms with Crippen LogP contribution < -0.4 is 4.74 Å². The number of hydrogen-bond acceptors (Lipinski definition) is 4. The molecular weight excluding hydrogens is 376 g/mol. The first kappa shape index (κ1) is 20.9. The van der Waals surface area contributed by atoms with Gasteiger partial charge in [0.15, 0.2) is 0 Å². The van der Waals surface area contributed by atoms with Crippen molar-refractivity contribution in [2.24, 2.45) is 5.92 Å². The van der Waals surface area contributed by atoms with Crippen molar-refractivity contribution in [1.82, 2.24) is 9.80 Å².